The van der Waals surface area contributed by atoms with Crippen molar-refractivity contribution in [1.82, 2.24) is 0 Å². The third-order valence-electron chi connectivity index (χ3n) is 5.05. The molecule has 26 heavy (non-hydrogen) atoms. The molecular formula is C24H38O2. The molecule has 0 spiro atoms. The number of aliphatic carboxylic acids is 1. The van der Waals surface area contributed by atoms with E-state index in [1.165, 1.54) is 56.9 Å². The highest BCUT2D eigenvalue weighted by Crippen LogP contribution is 2.21. The van der Waals surface area contributed by atoms with Gasteiger partial charge in [0.25, 0.3) is 0 Å². The number of unbranched alkanes of at least 4 members (excludes halogenated alkanes) is 6. The number of hydrogen-bond acceptors (Lipinski definition) is 1. The van der Waals surface area contributed by atoms with Crippen LogP contribution in [0.2, 0.25) is 0 Å². The minimum absolute atomic E-state index is 0.312. The molecule has 0 heterocycles. The lowest BCUT2D eigenvalue weighted by atomic mass is 9.91. The summed E-state index contributed by atoms with van der Waals surface area (Å²) in [6.07, 6.45) is 19.3. The number of rotatable bonds is 16. The summed E-state index contributed by atoms with van der Waals surface area (Å²) in [7, 11) is 0. The summed E-state index contributed by atoms with van der Waals surface area (Å²) in [5, 5.41) is 8.74. The third-order valence-corrected chi connectivity index (χ3v) is 5.05. The van der Waals surface area contributed by atoms with E-state index < -0.39 is 5.97 Å². The fourth-order valence-electron chi connectivity index (χ4n) is 3.38. The molecule has 0 aliphatic heterocycles. The van der Waals surface area contributed by atoms with Gasteiger partial charge in [-0.1, -0.05) is 87.9 Å². The Morgan fingerprint density at radius 2 is 1.73 bits per heavy atom. The van der Waals surface area contributed by atoms with Crippen LogP contribution in [0.15, 0.2) is 42.5 Å². The van der Waals surface area contributed by atoms with Crippen molar-refractivity contribution in [1.29, 1.82) is 0 Å². The quantitative estimate of drug-likeness (QED) is 0.251. The summed E-state index contributed by atoms with van der Waals surface area (Å²) in [4.78, 5) is 10.6. The number of aryl methyl sites for hydroxylation is 1. The molecule has 0 aromatic heterocycles. The molecule has 0 bridgehead atoms. The van der Waals surface area contributed by atoms with Crippen LogP contribution in [0.3, 0.4) is 0 Å². The van der Waals surface area contributed by atoms with Gasteiger partial charge in [0.2, 0.25) is 0 Å². The van der Waals surface area contributed by atoms with E-state index in [0.717, 1.165) is 25.7 Å². The Bertz CT molecular complexity index is 478. The monoisotopic (exact) mass is 358 g/mol. The molecule has 0 radical (unpaired) electrons. The molecule has 1 unspecified atom stereocenters. The Kier molecular flexibility index (Phi) is 13.5. The van der Waals surface area contributed by atoms with E-state index in [1.54, 1.807) is 0 Å². The van der Waals surface area contributed by atoms with Crippen LogP contribution in [-0.4, -0.2) is 11.1 Å². The lowest BCUT2D eigenvalue weighted by molar-refractivity contribution is -0.137. The van der Waals surface area contributed by atoms with E-state index in [1.807, 2.05) is 0 Å². The topological polar surface area (TPSA) is 37.3 Å². The Morgan fingerprint density at radius 3 is 2.46 bits per heavy atom. The minimum Gasteiger partial charge on any atom is -0.481 e. The Morgan fingerprint density at radius 1 is 0.962 bits per heavy atom. The molecule has 2 heteroatoms. The van der Waals surface area contributed by atoms with Gasteiger partial charge in [-0.05, 0) is 50.0 Å². The van der Waals surface area contributed by atoms with E-state index in [0.29, 0.717) is 12.3 Å². The molecule has 1 rings (SSSR count). The summed E-state index contributed by atoms with van der Waals surface area (Å²) in [6.45, 7) is 2.25. The predicted octanol–water partition coefficient (Wildman–Crippen LogP) is 7.19. The first-order valence-corrected chi connectivity index (χ1v) is 10.6. The summed E-state index contributed by atoms with van der Waals surface area (Å²) < 4.78 is 0. The van der Waals surface area contributed by atoms with Crippen LogP contribution in [0.25, 0.3) is 0 Å². The van der Waals surface area contributed by atoms with Gasteiger partial charge in [0.1, 0.15) is 0 Å². The highest BCUT2D eigenvalue weighted by molar-refractivity contribution is 5.66. The zero-order valence-electron chi connectivity index (χ0n) is 16.7. The molecule has 1 aromatic rings. The second-order valence-electron chi connectivity index (χ2n) is 7.44. The SMILES string of the molecule is CCCCCCC=CCC(CCCCCC(=O)O)CCc1ccccc1. The van der Waals surface area contributed by atoms with Gasteiger partial charge in [-0.3, -0.25) is 4.79 Å². The van der Waals surface area contributed by atoms with Gasteiger partial charge in [0.05, 0.1) is 0 Å². The number of hydrogen-bond donors (Lipinski definition) is 1. The molecule has 1 N–H and O–H groups in total. The maximum Gasteiger partial charge on any atom is 0.303 e. The predicted molar refractivity (Wildman–Crippen MR) is 111 cm³/mol. The smallest absolute Gasteiger partial charge is 0.303 e. The largest absolute Gasteiger partial charge is 0.481 e. The molecule has 0 saturated carbocycles. The Labute approximate surface area is 160 Å². The van der Waals surface area contributed by atoms with Crippen molar-refractivity contribution in [3.63, 3.8) is 0 Å². The average Bonchev–Trinajstić information content (AvgIpc) is 2.65. The average molecular weight is 359 g/mol. The van der Waals surface area contributed by atoms with E-state index in [9.17, 15) is 4.79 Å². The Balaban J connectivity index is 2.31. The normalized spacial score (nSPS) is 12.5. The van der Waals surface area contributed by atoms with Crippen LogP contribution in [0.1, 0.15) is 89.5 Å². The van der Waals surface area contributed by atoms with Crippen molar-refractivity contribution >= 4 is 5.97 Å². The molecule has 0 saturated heterocycles. The van der Waals surface area contributed by atoms with Crippen molar-refractivity contribution in [2.75, 3.05) is 0 Å². The summed E-state index contributed by atoms with van der Waals surface area (Å²) in [5.74, 6) is 0.0450. The summed E-state index contributed by atoms with van der Waals surface area (Å²) in [5.41, 5.74) is 1.42. The zero-order valence-corrected chi connectivity index (χ0v) is 16.7. The molecule has 0 aliphatic rings. The van der Waals surface area contributed by atoms with Gasteiger partial charge in [0, 0.05) is 6.42 Å². The number of carboxylic acid groups (broad SMARTS) is 1. The van der Waals surface area contributed by atoms with Gasteiger partial charge in [-0.25, -0.2) is 0 Å². The molecule has 0 amide bonds. The first-order chi connectivity index (χ1) is 12.7. The van der Waals surface area contributed by atoms with Crippen LogP contribution in [0.5, 0.6) is 0 Å². The number of carbonyl (C=O) groups is 1. The molecule has 0 aliphatic carbocycles. The second kappa shape index (κ2) is 15.7. The standard InChI is InChI=1S/C24H38O2/c1-2-3-4-5-6-7-10-15-22(18-13-9-14-19-24(25)26)20-21-23-16-11-8-12-17-23/h7-8,10-12,16-17,22H,2-6,9,13-15,18-21H2,1H3,(H,25,26). The first kappa shape index (κ1) is 22.5. The lowest BCUT2D eigenvalue weighted by Crippen LogP contribution is -2.02. The van der Waals surface area contributed by atoms with E-state index in [2.05, 4.69) is 49.4 Å². The molecular weight excluding hydrogens is 320 g/mol. The van der Waals surface area contributed by atoms with Crippen LogP contribution >= 0.6 is 0 Å². The molecule has 146 valence electrons. The molecule has 0 fully saturated rings. The van der Waals surface area contributed by atoms with Crippen molar-refractivity contribution < 1.29 is 9.90 Å². The maximum atomic E-state index is 10.6. The number of benzene rings is 1. The highest BCUT2D eigenvalue weighted by atomic mass is 16.4. The van der Waals surface area contributed by atoms with Crippen LogP contribution < -0.4 is 0 Å². The Hall–Kier alpha value is -1.57. The highest BCUT2D eigenvalue weighted by Gasteiger charge is 2.08. The maximum absolute atomic E-state index is 10.6. The molecule has 2 nitrogen and oxygen atoms in total. The second-order valence-corrected chi connectivity index (χ2v) is 7.44. The van der Waals surface area contributed by atoms with Crippen molar-refractivity contribution in [2.45, 2.75) is 90.4 Å². The van der Waals surface area contributed by atoms with Gasteiger partial charge < -0.3 is 5.11 Å². The number of allylic oxidation sites excluding steroid dienone is 2. The van der Waals surface area contributed by atoms with E-state index >= 15 is 0 Å². The van der Waals surface area contributed by atoms with Gasteiger partial charge in [-0.2, -0.15) is 0 Å². The lowest BCUT2D eigenvalue weighted by Gasteiger charge is -2.15. The molecule has 1 atom stereocenters. The van der Waals surface area contributed by atoms with Crippen LogP contribution in [-0.2, 0) is 11.2 Å². The van der Waals surface area contributed by atoms with Gasteiger partial charge in [0.15, 0.2) is 0 Å². The fraction of sp³-hybridized carbons (Fsp3) is 0.625. The minimum atomic E-state index is -0.670. The van der Waals surface area contributed by atoms with Crippen LogP contribution in [0.4, 0.5) is 0 Å². The van der Waals surface area contributed by atoms with Gasteiger partial charge >= 0.3 is 5.97 Å². The number of carboxylic acids is 1. The summed E-state index contributed by atoms with van der Waals surface area (Å²) in [6, 6.07) is 10.7. The van der Waals surface area contributed by atoms with Crippen molar-refractivity contribution in [2.24, 2.45) is 5.92 Å². The van der Waals surface area contributed by atoms with Gasteiger partial charge in [-0.15, -0.1) is 0 Å². The zero-order chi connectivity index (χ0) is 18.9. The van der Waals surface area contributed by atoms with E-state index in [4.69, 9.17) is 5.11 Å². The third kappa shape index (κ3) is 12.7. The molecule has 1 aromatic carbocycles. The first-order valence-electron chi connectivity index (χ1n) is 10.6. The summed E-state index contributed by atoms with van der Waals surface area (Å²) >= 11 is 0. The fourth-order valence-corrected chi connectivity index (χ4v) is 3.38. The van der Waals surface area contributed by atoms with Crippen LogP contribution in [0, 0.1) is 5.92 Å². The van der Waals surface area contributed by atoms with Crippen molar-refractivity contribution in [3.8, 4) is 0 Å². The van der Waals surface area contributed by atoms with E-state index in [-0.39, 0.29) is 0 Å². The van der Waals surface area contributed by atoms with Crippen molar-refractivity contribution in [3.05, 3.63) is 48.0 Å².